The Bertz CT molecular complexity index is 615. The lowest BCUT2D eigenvalue weighted by Crippen LogP contribution is -2.55. The van der Waals surface area contributed by atoms with E-state index >= 15 is 0 Å². The molecule has 0 unspecified atom stereocenters. The second-order valence-corrected chi connectivity index (χ2v) is 6.66. The molecule has 1 aliphatic rings. The highest BCUT2D eigenvalue weighted by molar-refractivity contribution is 6.32. The molecule has 126 valence electrons. The van der Waals surface area contributed by atoms with Crippen LogP contribution in [0.5, 0.6) is 5.75 Å². The van der Waals surface area contributed by atoms with Crippen molar-refractivity contribution in [2.45, 2.75) is 38.8 Å². The highest BCUT2D eigenvalue weighted by Crippen LogP contribution is 2.23. The van der Waals surface area contributed by atoms with Crippen LogP contribution >= 0.6 is 11.6 Å². The lowest BCUT2D eigenvalue weighted by Gasteiger charge is -2.40. The number of hydrogen-bond donors (Lipinski definition) is 1. The molecule has 2 amide bonds. The highest BCUT2D eigenvalue weighted by Gasteiger charge is 2.35. The molecule has 7 nitrogen and oxygen atoms in total. The number of nitrogens with two attached hydrogens (primary N) is 1. The topological polar surface area (TPSA) is 94.8 Å². The molecule has 23 heavy (non-hydrogen) atoms. The first-order valence-electron chi connectivity index (χ1n) is 7.25. The van der Waals surface area contributed by atoms with E-state index in [4.69, 9.17) is 26.8 Å². The molecular weight excluding hydrogens is 322 g/mol. The molecule has 8 heteroatoms. The number of ether oxygens (including phenoxy) is 2. The number of nitrogens with zero attached hydrogens (tertiary/aromatic N) is 2. The van der Waals surface area contributed by atoms with Crippen molar-refractivity contribution in [1.82, 2.24) is 9.88 Å². The molecule has 1 aliphatic heterocycles. The summed E-state index contributed by atoms with van der Waals surface area (Å²) in [5, 5.41) is 0.0314. The Morgan fingerprint density at radius 1 is 1.48 bits per heavy atom. The number of carbonyl (C=O) groups is 2. The van der Waals surface area contributed by atoms with Crippen LogP contribution < -0.4 is 10.5 Å². The Kier molecular flexibility index (Phi) is 4.99. The lowest BCUT2D eigenvalue weighted by molar-refractivity contribution is -0.0141. The maximum absolute atomic E-state index is 12.0. The van der Waals surface area contributed by atoms with Crippen molar-refractivity contribution < 1.29 is 19.1 Å². The third kappa shape index (κ3) is 4.48. The maximum atomic E-state index is 12.0. The smallest absolute Gasteiger partial charge is 0.410 e. The first kappa shape index (κ1) is 17.3. The summed E-state index contributed by atoms with van der Waals surface area (Å²) in [4.78, 5) is 28.7. The van der Waals surface area contributed by atoms with E-state index in [9.17, 15) is 9.59 Å². The summed E-state index contributed by atoms with van der Waals surface area (Å²) < 4.78 is 10.9. The fraction of sp³-hybridized carbons (Fsp3) is 0.533. The molecule has 0 saturated carbocycles. The summed E-state index contributed by atoms with van der Waals surface area (Å²) in [5.74, 6) is -0.300. The summed E-state index contributed by atoms with van der Waals surface area (Å²) >= 11 is 5.78. The predicted octanol–water partition coefficient (Wildman–Crippen LogP) is 2.22. The van der Waals surface area contributed by atoms with Gasteiger partial charge in [0, 0.05) is 6.54 Å². The number of rotatable bonds is 4. The SMILES string of the molecule is CC(C)(C)OC(=O)N1CC[C@H]1COc1cnc(Cl)c(C(N)=O)c1. The fourth-order valence-corrected chi connectivity index (χ4v) is 2.24. The van der Waals surface area contributed by atoms with E-state index in [0.717, 1.165) is 6.42 Å². The molecule has 2 heterocycles. The van der Waals surface area contributed by atoms with Crippen LogP contribution in [0.15, 0.2) is 12.3 Å². The molecule has 0 spiro atoms. The zero-order valence-electron chi connectivity index (χ0n) is 13.3. The van der Waals surface area contributed by atoms with Crippen LogP contribution in [0.1, 0.15) is 37.6 Å². The number of halogens is 1. The van der Waals surface area contributed by atoms with Gasteiger partial charge in [-0.15, -0.1) is 0 Å². The van der Waals surface area contributed by atoms with Crippen LogP contribution in [0.25, 0.3) is 0 Å². The highest BCUT2D eigenvalue weighted by atomic mass is 35.5. The van der Waals surface area contributed by atoms with E-state index in [1.54, 1.807) is 4.90 Å². The van der Waals surface area contributed by atoms with E-state index in [1.807, 2.05) is 20.8 Å². The third-order valence-electron chi connectivity index (χ3n) is 3.29. The molecule has 0 aliphatic carbocycles. The molecule has 1 fully saturated rings. The average Bonchev–Trinajstić information content (AvgIpc) is 2.36. The average molecular weight is 342 g/mol. The van der Waals surface area contributed by atoms with Crippen molar-refractivity contribution >= 4 is 23.6 Å². The molecular formula is C15H20ClN3O4. The third-order valence-corrected chi connectivity index (χ3v) is 3.60. The van der Waals surface area contributed by atoms with Gasteiger partial charge in [0.1, 0.15) is 23.1 Å². The molecule has 2 N–H and O–H groups in total. The van der Waals surface area contributed by atoms with Gasteiger partial charge in [0.05, 0.1) is 17.8 Å². The van der Waals surface area contributed by atoms with Gasteiger partial charge in [-0.25, -0.2) is 9.78 Å². The van der Waals surface area contributed by atoms with Gasteiger partial charge in [-0.3, -0.25) is 4.79 Å². The van der Waals surface area contributed by atoms with Crippen molar-refractivity contribution in [3.8, 4) is 5.75 Å². The van der Waals surface area contributed by atoms with Gasteiger partial charge in [-0.2, -0.15) is 0 Å². The van der Waals surface area contributed by atoms with E-state index in [2.05, 4.69) is 4.98 Å². The van der Waals surface area contributed by atoms with Gasteiger partial charge in [-0.05, 0) is 33.3 Å². The largest absolute Gasteiger partial charge is 0.490 e. The maximum Gasteiger partial charge on any atom is 0.410 e. The number of hydrogen-bond acceptors (Lipinski definition) is 5. The minimum Gasteiger partial charge on any atom is -0.490 e. The molecule has 1 aromatic rings. The van der Waals surface area contributed by atoms with Crippen molar-refractivity contribution in [3.63, 3.8) is 0 Å². The van der Waals surface area contributed by atoms with Gasteiger partial charge in [-0.1, -0.05) is 11.6 Å². The standard InChI is InChI=1S/C15H20ClN3O4/c1-15(2,3)23-14(21)19-5-4-9(19)8-22-10-6-11(13(17)20)12(16)18-7-10/h6-7,9H,4-5,8H2,1-3H3,(H2,17,20)/t9-/m0/s1. The quantitative estimate of drug-likeness (QED) is 0.847. The van der Waals surface area contributed by atoms with Gasteiger partial charge >= 0.3 is 6.09 Å². The zero-order chi connectivity index (χ0) is 17.2. The van der Waals surface area contributed by atoms with Crippen molar-refractivity contribution in [1.29, 1.82) is 0 Å². The zero-order valence-corrected chi connectivity index (χ0v) is 14.1. The fourth-order valence-electron chi connectivity index (χ4n) is 2.05. The Labute approximate surface area is 139 Å². The van der Waals surface area contributed by atoms with Crippen molar-refractivity contribution in [2.24, 2.45) is 5.73 Å². The molecule has 1 atom stereocenters. The van der Waals surface area contributed by atoms with Gasteiger partial charge in [0.15, 0.2) is 0 Å². The number of amides is 2. The minimum absolute atomic E-state index is 0.0314. The Balaban J connectivity index is 1.93. The first-order chi connectivity index (χ1) is 10.7. The van der Waals surface area contributed by atoms with Gasteiger partial charge in [0.25, 0.3) is 5.91 Å². The van der Waals surface area contributed by atoms with Crippen LogP contribution in [0.3, 0.4) is 0 Å². The van der Waals surface area contributed by atoms with Crippen LogP contribution in [0.2, 0.25) is 5.15 Å². The monoisotopic (exact) mass is 341 g/mol. The lowest BCUT2D eigenvalue weighted by atomic mass is 10.1. The first-order valence-corrected chi connectivity index (χ1v) is 7.63. The second kappa shape index (κ2) is 6.62. The number of carbonyl (C=O) groups excluding carboxylic acids is 2. The predicted molar refractivity (Wildman–Crippen MR) is 84.6 cm³/mol. The minimum atomic E-state index is -0.674. The van der Waals surface area contributed by atoms with Crippen molar-refractivity contribution in [2.75, 3.05) is 13.2 Å². The Morgan fingerprint density at radius 3 is 2.70 bits per heavy atom. The molecule has 0 bridgehead atoms. The normalized spacial score (nSPS) is 17.4. The Morgan fingerprint density at radius 2 is 2.17 bits per heavy atom. The summed E-state index contributed by atoms with van der Waals surface area (Å²) in [6, 6.07) is 1.37. The second-order valence-electron chi connectivity index (χ2n) is 6.30. The van der Waals surface area contributed by atoms with Crippen LogP contribution in [0.4, 0.5) is 4.79 Å². The summed E-state index contributed by atoms with van der Waals surface area (Å²) in [6.45, 7) is 6.37. The summed E-state index contributed by atoms with van der Waals surface area (Å²) in [6.07, 6.45) is 1.87. The molecule has 2 rings (SSSR count). The van der Waals surface area contributed by atoms with E-state index in [0.29, 0.717) is 12.3 Å². The number of aromatic nitrogens is 1. The van der Waals surface area contributed by atoms with Gasteiger partial charge < -0.3 is 20.1 Å². The molecule has 0 radical (unpaired) electrons. The summed E-state index contributed by atoms with van der Waals surface area (Å²) in [5.41, 5.74) is 4.77. The van der Waals surface area contributed by atoms with E-state index < -0.39 is 11.5 Å². The van der Waals surface area contributed by atoms with Crippen LogP contribution in [-0.4, -0.2) is 46.7 Å². The molecule has 1 aromatic heterocycles. The van der Waals surface area contributed by atoms with Crippen LogP contribution in [-0.2, 0) is 4.74 Å². The van der Waals surface area contributed by atoms with Crippen LogP contribution in [0, 0.1) is 0 Å². The molecule has 0 aromatic carbocycles. The Hall–Kier alpha value is -2.02. The number of pyridine rings is 1. The van der Waals surface area contributed by atoms with E-state index in [-0.39, 0.29) is 29.5 Å². The number of likely N-dealkylation sites (tertiary alicyclic amines) is 1. The van der Waals surface area contributed by atoms with Gasteiger partial charge in [0.2, 0.25) is 0 Å². The number of primary amides is 1. The molecule has 1 saturated heterocycles. The van der Waals surface area contributed by atoms with Crippen molar-refractivity contribution in [3.05, 3.63) is 23.0 Å². The summed E-state index contributed by atoms with van der Waals surface area (Å²) in [7, 11) is 0. The van der Waals surface area contributed by atoms with E-state index in [1.165, 1.54) is 12.3 Å².